The molecule has 1 aromatic heterocycles. The van der Waals surface area contributed by atoms with E-state index in [0.717, 1.165) is 30.8 Å². The molecule has 0 spiro atoms. The Morgan fingerprint density at radius 3 is 2.50 bits per heavy atom. The largest absolute Gasteiger partial charge is 0.385 e. The van der Waals surface area contributed by atoms with Gasteiger partial charge in [-0.2, -0.15) is 5.10 Å². The SMILES string of the molecule is CCC(C)(C(O)c1c(C)cnn1C)N1CCCC1. The number of nitrogens with zero attached hydrogens (tertiary/aromatic N) is 3. The highest BCUT2D eigenvalue weighted by atomic mass is 16.3. The van der Waals surface area contributed by atoms with Crippen LogP contribution in [0.15, 0.2) is 6.20 Å². The highest BCUT2D eigenvalue weighted by molar-refractivity contribution is 5.21. The molecule has 1 aliphatic heterocycles. The summed E-state index contributed by atoms with van der Waals surface area (Å²) in [6.45, 7) is 8.55. The van der Waals surface area contributed by atoms with Gasteiger partial charge in [-0.1, -0.05) is 6.92 Å². The summed E-state index contributed by atoms with van der Waals surface area (Å²) >= 11 is 0. The predicted octanol–water partition coefficient (Wildman–Crippen LogP) is 2.03. The summed E-state index contributed by atoms with van der Waals surface area (Å²) in [6.07, 6.45) is 4.78. The summed E-state index contributed by atoms with van der Waals surface area (Å²) in [6, 6.07) is 0. The zero-order valence-corrected chi connectivity index (χ0v) is 12.0. The number of aromatic nitrogens is 2. The average molecular weight is 251 g/mol. The van der Waals surface area contributed by atoms with Crippen molar-refractivity contribution in [2.24, 2.45) is 7.05 Å². The van der Waals surface area contributed by atoms with Gasteiger partial charge in [0.25, 0.3) is 0 Å². The fourth-order valence-electron chi connectivity index (χ4n) is 3.06. The van der Waals surface area contributed by atoms with Gasteiger partial charge in [0.15, 0.2) is 0 Å². The van der Waals surface area contributed by atoms with Crippen LogP contribution >= 0.6 is 0 Å². The van der Waals surface area contributed by atoms with Crippen molar-refractivity contribution in [1.29, 1.82) is 0 Å². The molecule has 1 N–H and O–H groups in total. The third-order valence-corrected chi connectivity index (χ3v) is 4.57. The number of aliphatic hydroxyl groups excluding tert-OH is 1. The summed E-state index contributed by atoms with van der Waals surface area (Å²) in [5.74, 6) is 0. The van der Waals surface area contributed by atoms with Crippen molar-refractivity contribution in [3.8, 4) is 0 Å². The Morgan fingerprint density at radius 2 is 2.06 bits per heavy atom. The normalized spacial score (nSPS) is 22.1. The van der Waals surface area contributed by atoms with E-state index in [1.165, 1.54) is 12.8 Å². The Labute approximate surface area is 110 Å². The molecular weight excluding hydrogens is 226 g/mol. The van der Waals surface area contributed by atoms with E-state index in [-0.39, 0.29) is 5.54 Å². The third kappa shape index (κ3) is 2.08. The van der Waals surface area contributed by atoms with Gasteiger partial charge in [-0.05, 0) is 51.8 Å². The lowest BCUT2D eigenvalue weighted by atomic mass is 9.86. The molecule has 1 saturated heterocycles. The lowest BCUT2D eigenvalue weighted by Crippen LogP contribution is -2.49. The zero-order chi connectivity index (χ0) is 13.3. The molecule has 1 aromatic rings. The van der Waals surface area contributed by atoms with E-state index in [1.54, 1.807) is 0 Å². The standard InChI is InChI=1S/C14H25N3O/c1-5-14(3,17-8-6-7-9-17)13(18)12-11(2)10-15-16(12)4/h10,13,18H,5-9H2,1-4H3. The first-order chi connectivity index (χ1) is 8.50. The highest BCUT2D eigenvalue weighted by Crippen LogP contribution is 2.37. The van der Waals surface area contributed by atoms with Crippen molar-refractivity contribution in [1.82, 2.24) is 14.7 Å². The van der Waals surface area contributed by atoms with Crippen LogP contribution in [0.25, 0.3) is 0 Å². The fourth-order valence-corrected chi connectivity index (χ4v) is 3.06. The predicted molar refractivity (Wildman–Crippen MR) is 72.4 cm³/mol. The van der Waals surface area contributed by atoms with Crippen molar-refractivity contribution in [3.05, 3.63) is 17.5 Å². The van der Waals surface area contributed by atoms with Crippen molar-refractivity contribution in [2.75, 3.05) is 13.1 Å². The first-order valence-corrected chi connectivity index (χ1v) is 6.92. The first kappa shape index (κ1) is 13.6. The Balaban J connectivity index is 2.32. The van der Waals surface area contributed by atoms with Crippen LogP contribution < -0.4 is 0 Å². The maximum absolute atomic E-state index is 10.8. The Hall–Kier alpha value is -0.870. The van der Waals surface area contributed by atoms with E-state index in [9.17, 15) is 5.11 Å². The molecule has 0 aliphatic carbocycles. The second-order valence-electron chi connectivity index (χ2n) is 5.64. The van der Waals surface area contributed by atoms with Gasteiger partial charge in [0.05, 0.1) is 11.9 Å². The van der Waals surface area contributed by atoms with Gasteiger partial charge in [0.1, 0.15) is 6.10 Å². The molecule has 1 aliphatic rings. The lowest BCUT2D eigenvalue weighted by Gasteiger charge is -2.42. The molecule has 4 nitrogen and oxygen atoms in total. The average Bonchev–Trinajstić information content (AvgIpc) is 2.98. The van der Waals surface area contributed by atoms with Crippen LogP contribution in [-0.2, 0) is 7.05 Å². The monoisotopic (exact) mass is 251 g/mol. The van der Waals surface area contributed by atoms with Crippen LogP contribution in [0.5, 0.6) is 0 Å². The molecule has 0 radical (unpaired) electrons. The molecule has 0 aromatic carbocycles. The van der Waals surface area contributed by atoms with E-state index in [1.807, 2.05) is 24.9 Å². The minimum atomic E-state index is -0.479. The molecule has 0 amide bonds. The minimum Gasteiger partial charge on any atom is -0.385 e. The maximum atomic E-state index is 10.8. The fraction of sp³-hybridized carbons (Fsp3) is 0.786. The summed E-state index contributed by atoms with van der Waals surface area (Å²) < 4.78 is 1.81. The minimum absolute atomic E-state index is 0.185. The van der Waals surface area contributed by atoms with E-state index >= 15 is 0 Å². The van der Waals surface area contributed by atoms with Crippen LogP contribution in [-0.4, -0.2) is 38.4 Å². The smallest absolute Gasteiger partial charge is 0.114 e. The number of likely N-dealkylation sites (tertiary alicyclic amines) is 1. The molecule has 0 saturated carbocycles. The summed E-state index contributed by atoms with van der Waals surface area (Å²) in [5, 5.41) is 15.1. The molecule has 1 fully saturated rings. The van der Waals surface area contributed by atoms with E-state index < -0.39 is 6.10 Å². The zero-order valence-electron chi connectivity index (χ0n) is 12.0. The first-order valence-electron chi connectivity index (χ1n) is 6.92. The van der Waals surface area contributed by atoms with E-state index in [0.29, 0.717) is 0 Å². The van der Waals surface area contributed by atoms with Crippen molar-refractivity contribution >= 4 is 0 Å². The van der Waals surface area contributed by atoms with Gasteiger partial charge in [-0.25, -0.2) is 0 Å². The molecule has 0 bridgehead atoms. The van der Waals surface area contributed by atoms with Crippen LogP contribution in [0.1, 0.15) is 50.5 Å². The van der Waals surface area contributed by atoms with Crippen LogP contribution in [0.2, 0.25) is 0 Å². The van der Waals surface area contributed by atoms with Gasteiger partial charge >= 0.3 is 0 Å². The summed E-state index contributed by atoms with van der Waals surface area (Å²) in [4.78, 5) is 2.43. The molecule has 2 heterocycles. The Bertz CT molecular complexity index is 390. The van der Waals surface area contributed by atoms with Gasteiger partial charge in [-0.3, -0.25) is 9.58 Å². The highest BCUT2D eigenvalue weighted by Gasteiger charge is 2.41. The van der Waals surface area contributed by atoms with Crippen LogP contribution in [0, 0.1) is 6.92 Å². The quantitative estimate of drug-likeness (QED) is 0.890. The van der Waals surface area contributed by atoms with Gasteiger partial charge in [-0.15, -0.1) is 0 Å². The molecule has 2 unspecified atom stereocenters. The molecule has 4 heteroatoms. The Kier molecular flexibility index (Phi) is 3.78. The van der Waals surface area contributed by atoms with Crippen molar-refractivity contribution in [2.45, 2.75) is 51.7 Å². The van der Waals surface area contributed by atoms with Crippen molar-refractivity contribution in [3.63, 3.8) is 0 Å². The van der Waals surface area contributed by atoms with E-state index in [4.69, 9.17) is 0 Å². The number of rotatable bonds is 4. The third-order valence-electron chi connectivity index (χ3n) is 4.57. The molecule has 102 valence electrons. The lowest BCUT2D eigenvalue weighted by molar-refractivity contribution is -0.0186. The summed E-state index contributed by atoms with van der Waals surface area (Å²) in [7, 11) is 1.91. The van der Waals surface area contributed by atoms with Crippen LogP contribution in [0.3, 0.4) is 0 Å². The van der Waals surface area contributed by atoms with Crippen molar-refractivity contribution < 1.29 is 5.11 Å². The Morgan fingerprint density at radius 1 is 1.44 bits per heavy atom. The van der Waals surface area contributed by atoms with Gasteiger partial charge in [0.2, 0.25) is 0 Å². The van der Waals surface area contributed by atoms with Crippen LogP contribution in [0.4, 0.5) is 0 Å². The molecular formula is C14H25N3O. The second-order valence-corrected chi connectivity index (χ2v) is 5.64. The second kappa shape index (κ2) is 5.02. The maximum Gasteiger partial charge on any atom is 0.114 e. The molecule has 2 atom stereocenters. The molecule has 2 rings (SSSR count). The number of aliphatic hydroxyl groups is 1. The number of hydrogen-bond acceptors (Lipinski definition) is 3. The topological polar surface area (TPSA) is 41.3 Å². The summed E-state index contributed by atoms with van der Waals surface area (Å²) in [5.41, 5.74) is 1.84. The van der Waals surface area contributed by atoms with Gasteiger partial charge < -0.3 is 5.11 Å². The molecule has 18 heavy (non-hydrogen) atoms. The number of aryl methyl sites for hydroxylation is 2. The van der Waals surface area contributed by atoms with E-state index in [2.05, 4.69) is 23.8 Å². The number of hydrogen-bond donors (Lipinski definition) is 1. The van der Waals surface area contributed by atoms with Gasteiger partial charge in [0, 0.05) is 12.6 Å².